The number of rotatable bonds is 6. The smallest absolute Gasteiger partial charge is 0.339 e. The van der Waals surface area contributed by atoms with Crippen molar-refractivity contribution in [1.29, 1.82) is 0 Å². The van der Waals surface area contributed by atoms with Crippen molar-refractivity contribution < 1.29 is 34.2 Å². The fraction of sp³-hybridized carbons (Fsp3) is 0.714. The number of hydrogen-bond acceptors (Lipinski definition) is 3. The van der Waals surface area contributed by atoms with Gasteiger partial charge in [0.05, 0.1) is 5.92 Å². The first-order chi connectivity index (χ1) is 6.66. The predicted octanol–water partition coefficient (Wildman–Crippen LogP) is 0.118. The Labute approximate surface area is 85.9 Å². The summed E-state index contributed by atoms with van der Waals surface area (Å²) >= 11 is 0. The molecule has 0 aromatic rings. The lowest BCUT2D eigenvalue weighted by molar-refractivity contribution is -0.142. The zero-order chi connectivity index (χ0) is 12.2. The summed E-state index contributed by atoms with van der Waals surface area (Å²) < 4.78 is 10.7. The van der Waals surface area contributed by atoms with E-state index in [1.165, 1.54) is 6.92 Å². The molecule has 4 N–H and O–H groups in total. The molecule has 0 aromatic heterocycles. The summed E-state index contributed by atoms with van der Waals surface area (Å²) in [6, 6.07) is 0. The van der Waals surface area contributed by atoms with Crippen LogP contribution in [0.3, 0.4) is 0 Å². The Balaban J connectivity index is 4.40. The predicted molar refractivity (Wildman–Crippen MR) is 49.5 cm³/mol. The first-order valence-electron chi connectivity index (χ1n) is 4.17. The maximum absolute atomic E-state index is 10.7. The fourth-order valence-corrected chi connectivity index (χ4v) is 1.74. The van der Waals surface area contributed by atoms with Crippen LogP contribution in [0.4, 0.5) is 0 Å². The first kappa shape index (κ1) is 14.1. The van der Waals surface area contributed by atoms with Gasteiger partial charge in [-0.2, -0.15) is 0 Å². The van der Waals surface area contributed by atoms with Crippen LogP contribution in [0.15, 0.2) is 0 Å². The molecule has 0 saturated carbocycles. The van der Waals surface area contributed by atoms with Crippen LogP contribution < -0.4 is 0 Å². The van der Waals surface area contributed by atoms with E-state index in [4.69, 9.17) is 20.0 Å². The Hall–Kier alpha value is -0.910. The lowest BCUT2D eigenvalue weighted by Crippen LogP contribution is -2.22. The van der Waals surface area contributed by atoms with E-state index in [1.807, 2.05) is 0 Å². The molecule has 88 valence electrons. The summed E-state index contributed by atoms with van der Waals surface area (Å²) in [5.41, 5.74) is -1.82. The molecule has 8 heteroatoms. The highest BCUT2D eigenvalue weighted by molar-refractivity contribution is 7.53. The highest BCUT2D eigenvalue weighted by Crippen LogP contribution is 2.43. The van der Waals surface area contributed by atoms with Gasteiger partial charge in [0, 0.05) is 0 Å². The van der Waals surface area contributed by atoms with Crippen LogP contribution in [0.2, 0.25) is 0 Å². The third kappa shape index (κ3) is 4.92. The normalized spacial score (nSPS) is 15.7. The van der Waals surface area contributed by atoms with Gasteiger partial charge in [0.2, 0.25) is 0 Å². The van der Waals surface area contributed by atoms with E-state index in [0.717, 1.165) is 0 Å². The molecule has 0 heterocycles. The average molecular weight is 240 g/mol. The monoisotopic (exact) mass is 240 g/mol. The van der Waals surface area contributed by atoms with Crippen molar-refractivity contribution in [2.75, 3.05) is 0 Å². The summed E-state index contributed by atoms with van der Waals surface area (Å²) in [6.45, 7) is 1.35. The minimum absolute atomic E-state index is 0.0859. The van der Waals surface area contributed by atoms with Gasteiger partial charge >= 0.3 is 19.5 Å². The Kier molecular flexibility index (Phi) is 4.93. The van der Waals surface area contributed by atoms with Gasteiger partial charge in [-0.05, 0) is 12.8 Å². The molecule has 0 aliphatic rings. The van der Waals surface area contributed by atoms with E-state index >= 15 is 0 Å². The number of carbonyl (C=O) groups is 2. The van der Waals surface area contributed by atoms with E-state index in [-0.39, 0.29) is 12.8 Å². The average Bonchev–Trinajstić information content (AvgIpc) is 2.00. The zero-order valence-corrected chi connectivity index (χ0v) is 8.92. The maximum Gasteiger partial charge on any atom is 0.339 e. The summed E-state index contributed by atoms with van der Waals surface area (Å²) in [7, 11) is -4.71. The molecule has 7 nitrogen and oxygen atoms in total. The van der Waals surface area contributed by atoms with E-state index in [0.29, 0.717) is 0 Å². The summed E-state index contributed by atoms with van der Waals surface area (Å²) in [5, 5.41) is 17.0. The van der Waals surface area contributed by atoms with Crippen LogP contribution in [0.25, 0.3) is 0 Å². The molecule has 0 aliphatic carbocycles. The second-order valence-electron chi connectivity index (χ2n) is 3.26. The van der Waals surface area contributed by atoms with Gasteiger partial charge in [0.15, 0.2) is 5.66 Å². The molecule has 0 amide bonds. The van der Waals surface area contributed by atoms with Crippen LogP contribution in [0.5, 0.6) is 0 Å². The highest BCUT2D eigenvalue weighted by Gasteiger charge is 2.35. The standard InChI is InChI=1S/C7H13O7P/c1-4(6(8)9)2-3-5(7(10)11)15(12,13)14/h4-5H,2-3H2,1H3,(H,8,9)(H,10,11)(H2,12,13,14). The largest absolute Gasteiger partial charge is 0.481 e. The maximum atomic E-state index is 10.7. The van der Waals surface area contributed by atoms with Crippen LogP contribution in [-0.4, -0.2) is 37.6 Å². The molecule has 0 fully saturated rings. The molecule has 2 atom stereocenters. The lowest BCUT2D eigenvalue weighted by Gasteiger charge is -2.14. The van der Waals surface area contributed by atoms with E-state index in [2.05, 4.69) is 0 Å². The van der Waals surface area contributed by atoms with Crippen LogP contribution in [0, 0.1) is 5.92 Å². The van der Waals surface area contributed by atoms with Crippen molar-refractivity contribution in [2.24, 2.45) is 5.92 Å². The topological polar surface area (TPSA) is 132 Å². The van der Waals surface area contributed by atoms with Gasteiger partial charge in [-0.3, -0.25) is 14.2 Å². The van der Waals surface area contributed by atoms with Crippen LogP contribution in [0.1, 0.15) is 19.8 Å². The number of carboxylic acid groups (broad SMARTS) is 2. The van der Waals surface area contributed by atoms with E-state index in [9.17, 15) is 14.2 Å². The summed E-state index contributed by atoms with van der Waals surface area (Å²) in [4.78, 5) is 38.2. The molecule has 0 rings (SSSR count). The number of carboxylic acids is 2. The van der Waals surface area contributed by atoms with Crippen molar-refractivity contribution in [2.45, 2.75) is 25.4 Å². The molecule has 2 unspecified atom stereocenters. The van der Waals surface area contributed by atoms with Crippen LogP contribution in [-0.2, 0) is 14.2 Å². The quantitative estimate of drug-likeness (QED) is 0.484. The summed E-state index contributed by atoms with van der Waals surface area (Å²) in [6.07, 6.45) is -0.440. The van der Waals surface area contributed by atoms with Crippen molar-refractivity contribution in [1.82, 2.24) is 0 Å². The zero-order valence-electron chi connectivity index (χ0n) is 8.03. The second kappa shape index (κ2) is 5.25. The Morgan fingerprint density at radius 2 is 1.60 bits per heavy atom. The molecular weight excluding hydrogens is 227 g/mol. The SMILES string of the molecule is CC(CCC(C(=O)O)P(=O)(O)O)C(=O)O. The molecular formula is C7H13O7P. The molecule has 0 aromatic carbocycles. The van der Waals surface area contributed by atoms with Crippen LogP contribution >= 0.6 is 7.60 Å². The van der Waals surface area contributed by atoms with Crippen molar-refractivity contribution in [3.05, 3.63) is 0 Å². The molecule has 0 bridgehead atoms. The molecule has 0 aliphatic heterocycles. The van der Waals surface area contributed by atoms with Gasteiger partial charge in [-0.25, -0.2) is 0 Å². The van der Waals surface area contributed by atoms with Gasteiger partial charge in [0.25, 0.3) is 0 Å². The van der Waals surface area contributed by atoms with E-state index < -0.39 is 31.1 Å². The van der Waals surface area contributed by atoms with Gasteiger partial charge in [-0.1, -0.05) is 6.92 Å². The van der Waals surface area contributed by atoms with Crippen molar-refractivity contribution >= 4 is 19.5 Å². The molecule has 0 saturated heterocycles. The Morgan fingerprint density at radius 3 is 1.87 bits per heavy atom. The lowest BCUT2D eigenvalue weighted by atomic mass is 10.0. The van der Waals surface area contributed by atoms with Crippen molar-refractivity contribution in [3.63, 3.8) is 0 Å². The second-order valence-corrected chi connectivity index (χ2v) is 5.06. The summed E-state index contributed by atoms with van der Waals surface area (Å²) in [5.74, 6) is -3.55. The molecule has 0 spiro atoms. The third-order valence-corrected chi connectivity index (χ3v) is 3.28. The van der Waals surface area contributed by atoms with Gasteiger partial charge in [-0.15, -0.1) is 0 Å². The highest BCUT2D eigenvalue weighted by atomic mass is 31.2. The van der Waals surface area contributed by atoms with E-state index in [1.54, 1.807) is 0 Å². The first-order valence-corrected chi connectivity index (χ1v) is 5.85. The number of aliphatic carboxylic acids is 2. The molecule has 0 radical (unpaired) electrons. The van der Waals surface area contributed by atoms with Gasteiger partial charge < -0.3 is 20.0 Å². The Bertz CT molecular complexity index is 294. The van der Waals surface area contributed by atoms with Crippen molar-refractivity contribution in [3.8, 4) is 0 Å². The molecule has 15 heavy (non-hydrogen) atoms. The number of hydrogen-bond donors (Lipinski definition) is 4. The Morgan fingerprint density at radius 1 is 1.13 bits per heavy atom. The minimum Gasteiger partial charge on any atom is -0.481 e. The third-order valence-electron chi connectivity index (χ3n) is 1.99. The van der Waals surface area contributed by atoms with Gasteiger partial charge in [0.1, 0.15) is 0 Å². The minimum atomic E-state index is -4.71. The fourth-order valence-electron chi connectivity index (χ4n) is 0.967.